The van der Waals surface area contributed by atoms with Crippen molar-refractivity contribution in [1.82, 2.24) is 0 Å². The van der Waals surface area contributed by atoms with Gasteiger partial charge in [0, 0.05) is 11.1 Å². The summed E-state index contributed by atoms with van der Waals surface area (Å²) in [5.41, 5.74) is 6.90. The number of carboxylic acids is 1. The van der Waals surface area contributed by atoms with Crippen LogP contribution in [0.2, 0.25) is 0 Å². The number of carboxylic acid groups (broad SMARTS) is 1. The summed E-state index contributed by atoms with van der Waals surface area (Å²) in [6.45, 7) is 6.41. The second-order valence-electron chi connectivity index (χ2n) is 8.67. The van der Waals surface area contributed by atoms with Crippen molar-refractivity contribution in [2.45, 2.75) is 32.6 Å². The van der Waals surface area contributed by atoms with Crippen molar-refractivity contribution < 1.29 is 14.7 Å². The second-order valence-corrected chi connectivity index (χ2v) is 8.67. The normalized spacial score (nSPS) is 14.7. The van der Waals surface area contributed by atoms with Crippen LogP contribution in [0.5, 0.6) is 0 Å². The molecule has 5 heteroatoms. The molecule has 0 saturated carbocycles. The molecule has 1 aliphatic rings. The third-order valence-electron chi connectivity index (χ3n) is 5.89. The quantitative estimate of drug-likeness (QED) is 0.352. The SMILES string of the molecule is Cc1ccc(C2=CCC(C)(C)c3ccc(C=O)c(N=Nc4ccc(C(=O)O)cc4)c32)cc1. The lowest BCUT2D eigenvalue weighted by molar-refractivity contribution is 0.0696. The number of hydrogen-bond acceptors (Lipinski definition) is 4. The smallest absolute Gasteiger partial charge is 0.335 e. The van der Waals surface area contributed by atoms with Gasteiger partial charge in [-0.05, 0) is 65.8 Å². The fraction of sp³-hybridized carbons (Fsp3) is 0.185. The Balaban J connectivity index is 1.87. The maximum atomic E-state index is 11.9. The van der Waals surface area contributed by atoms with E-state index in [1.165, 1.54) is 17.7 Å². The molecule has 160 valence electrons. The number of azo groups is 1. The molecule has 3 aromatic rings. The van der Waals surface area contributed by atoms with Crippen LogP contribution >= 0.6 is 0 Å². The Morgan fingerprint density at radius 2 is 1.66 bits per heavy atom. The van der Waals surface area contributed by atoms with Gasteiger partial charge in [-0.2, -0.15) is 5.11 Å². The molecule has 0 fully saturated rings. The fourth-order valence-corrected chi connectivity index (χ4v) is 3.99. The lowest BCUT2D eigenvalue weighted by Gasteiger charge is -2.33. The summed E-state index contributed by atoms with van der Waals surface area (Å²) >= 11 is 0. The van der Waals surface area contributed by atoms with Crippen LogP contribution in [0.4, 0.5) is 11.4 Å². The minimum atomic E-state index is -0.996. The molecular formula is C27H24N2O3. The highest BCUT2D eigenvalue weighted by molar-refractivity contribution is 5.95. The first-order valence-corrected chi connectivity index (χ1v) is 10.5. The largest absolute Gasteiger partial charge is 0.478 e. The van der Waals surface area contributed by atoms with Crippen molar-refractivity contribution >= 4 is 29.2 Å². The van der Waals surface area contributed by atoms with Gasteiger partial charge in [0.1, 0.15) is 5.69 Å². The molecule has 0 aromatic heterocycles. The van der Waals surface area contributed by atoms with E-state index < -0.39 is 5.97 Å². The molecule has 0 unspecified atom stereocenters. The number of aryl methyl sites for hydroxylation is 1. The van der Waals surface area contributed by atoms with Crippen LogP contribution < -0.4 is 0 Å². The van der Waals surface area contributed by atoms with Crippen molar-refractivity contribution in [1.29, 1.82) is 0 Å². The van der Waals surface area contributed by atoms with E-state index in [4.69, 9.17) is 5.11 Å². The molecule has 0 bridgehead atoms. The summed E-state index contributed by atoms with van der Waals surface area (Å²) < 4.78 is 0. The lowest BCUT2D eigenvalue weighted by Crippen LogP contribution is -2.22. The van der Waals surface area contributed by atoms with Crippen molar-refractivity contribution in [3.8, 4) is 0 Å². The van der Waals surface area contributed by atoms with E-state index in [0.29, 0.717) is 16.9 Å². The summed E-state index contributed by atoms with van der Waals surface area (Å²) in [5.74, 6) is -0.996. The zero-order valence-electron chi connectivity index (χ0n) is 18.3. The van der Waals surface area contributed by atoms with Gasteiger partial charge in [0.2, 0.25) is 0 Å². The molecular weight excluding hydrogens is 400 g/mol. The first-order valence-electron chi connectivity index (χ1n) is 10.5. The zero-order chi connectivity index (χ0) is 22.9. The van der Waals surface area contributed by atoms with Gasteiger partial charge in [-0.15, -0.1) is 5.11 Å². The summed E-state index contributed by atoms with van der Waals surface area (Å²) in [5, 5.41) is 17.9. The highest BCUT2D eigenvalue weighted by atomic mass is 16.4. The second kappa shape index (κ2) is 8.35. The number of hydrogen-bond donors (Lipinski definition) is 1. The molecule has 0 saturated heterocycles. The zero-order valence-corrected chi connectivity index (χ0v) is 18.3. The molecule has 5 nitrogen and oxygen atoms in total. The maximum Gasteiger partial charge on any atom is 0.335 e. The average Bonchev–Trinajstić information content (AvgIpc) is 2.78. The number of fused-ring (bicyclic) bond motifs is 1. The summed E-state index contributed by atoms with van der Waals surface area (Å²) in [4.78, 5) is 23.0. The van der Waals surface area contributed by atoms with Gasteiger partial charge in [0.25, 0.3) is 0 Å². The number of nitrogens with zero attached hydrogens (tertiary/aromatic N) is 2. The number of aromatic carboxylic acids is 1. The maximum absolute atomic E-state index is 11.9. The third-order valence-corrected chi connectivity index (χ3v) is 5.89. The number of allylic oxidation sites excluding steroid dienone is 1. The number of aldehydes is 1. The van der Waals surface area contributed by atoms with Gasteiger partial charge < -0.3 is 5.11 Å². The number of rotatable bonds is 5. The van der Waals surface area contributed by atoms with Gasteiger partial charge in [0.05, 0.1) is 11.3 Å². The molecule has 1 aliphatic carbocycles. The molecule has 0 spiro atoms. The van der Waals surface area contributed by atoms with Gasteiger partial charge in [0.15, 0.2) is 6.29 Å². The Kier molecular flexibility index (Phi) is 5.57. The van der Waals surface area contributed by atoms with E-state index in [2.05, 4.69) is 61.3 Å². The van der Waals surface area contributed by atoms with Crippen LogP contribution in [-0.2, 0) is 5.41 Å². The minimum Gasteiger partial charge on any atom is -0.478 e. The minimum absolute atomic E-state index is 0.113. The van der Waals surface area contributed by atoms with Crippen molar-refractivity contribution in [2.75, 3.05) is 0 Å². The number of carbonyl (C=O) groups excluding carboxylic acids is 1. The van der Waals surface area contributed by atoms with E-state index in [1.54, 1.807) is 18.2 Å². The molecule has 0 amide bonds. The Labute approximate surface area is 187 Å². The number of benzene rings is 3. The summed E-state index contributed by atoms with van der Waals surface area (Å²) in [6, 6.07) is 18.3. The van der Waals surface area contributed by atoms with Crippen molar-refractivity contribution in [3.05, 3.63) is 100 Å². The molecule has 4 rings (SSSR count). The fourth-order valence-electron chi connectivity index (χ4n) is 3.99. The summed E-state index contributed by atoms with van der Waals surface area (Å²) in [7, 11) is 0. The van der Waals surface area contributed by atoms with Gasteiger partial charge in [-0.1, -0.05) is 55.8 Å². The Morgan fingerprint density at radius 3 is 2.28 bits per heavy atom. The molecule has 0 heterocycles. The summed E-state index contributed by atoms with van der Waals surface area (Å²) in [6.07, 6.45) is 3.88. The third kappa shape index (κ3) is 4.02. The first-order chi connectivity index (χ1) is 15.3. The molecule has 0 aliphatic heterocycles. The van der Waals surface area contributed by atoms with Crippen molar-refractivity contribution in [2.24, 2.45) is 10.2 Å². The monoisotopic (exact) mass is 424 g/mol. The van der Waals surface area contributed by atoms with Crippen LogP contribution in [0.25, 0.3) is 5.57 Å². The molecule has 3 aromatic carbocycles. The lowest BCUT2D eigenvalue weighted by atomic mass is 9.71. The van der Waals surface area contributed by atoms with Crippen LogP contribution in [0, 0.1) is 6.92 Å². The van der Waals surface area contributed by atoms with Crippen LogP contribution in [-0.4, -0.2) is 17.4 Å². The van der Waals surface area contributed by atoms with Crippen molar-refractivity contribution in [3.63, 3.8) is 0 Å². The van der Waals surface area contributed by atoms with Crippen LogP contribution in [0.1, 0.15) is 63.2 Å². The Morgan fingerprint density at radius 1 is 0.969 bits per heavy atom. The number of carbonyl (C=O) groups is 2. The predicted octanol–water partition coefficient (Wildman–Crippen LogP) is 7.03. The van der Waals surface area contributed by atoms with Gasteiger partial charge >= 0.3 is 5.97 Å². The van der Waals surface area contributed by atoms with E-state index in [-0.39, 0.29) is 11.0 Å². The Bertz CT molecular complexity index is 1250. The van der Waals surface area contributed by atoms with Crippen LogP contribution in [0.3, 0.4) is 0 Å². The van der Waals surface area contributed by atoms with E-state index in [9.17, 15) is 9.59 Å². The predicted molar refractivity (Wildman–Crippen MR) is 125 cm³/mol. The van der Waals surface area contributed by atoms with E-state index in [1.807, 2.05) is 6.07 Å². The highest BCUT2D eigenvalue weighted by Crippen LogP contribution is 2.46. The molecule has 32 heavy (non-hydrogen) atoms. The Hall–Kier alpha value is -3.86. The molecule has 0 atom stereocenters. The standard InChI is InChI=1S/C27H24N2O3/c1-17-4-6-18(7-5-17)22-14-15-27(2,3)23-13-10-20(16-30)25(24(22)23)29-28-21-11-8-19(9-12-21)26(31)32/h4-14,16H,15H2,1-3H3,(H,31,32). The first kappa shape index (κ1) is 21.4. The molecule has 0 radical (unpaired) electrons. The molecule has 1 N–H and O–H groups in total. The van der Waals surface area contributed by atoms with E-state index in [0.717, 1.165) is 35.0 Å². The van der Waals surface area contributed by atoms with E-state index >= 15 is 0 Å². The topological polar surface area (TPSA) is 79.1 Å². The van der Waals surface area contributed by atoms with Gasteiger partial charge in [-0.25, -0.2) is 4.79 Å². The van der Waals surface area contributed by atoms with Gasteiger partial charge in [-0.3, -0.25) is 4.79 Å². The highest BCUT2D eigenvalue weighted by Gasteiger charge is 2.31. The van der Waals surface area contributed by atoms with Crippen LogP contribution in [0.15, 0.2) is 77.0 Å². The average molecular weight is 425 g/mol.